The molecule has 0 aromatic heterocycles. The number of hydrogen-bond acceptors (Lipinski definition) is 5. The number of amides is 1. The molecular formula is C14H9Cl2N3O4. The average molecular weight is 354 g/mol. The van der Waals surface area contributed by atoms with Crippen molar-refractivity contribution in [3.05, 3.63) is 68.2 Å². The van der Waals surface area contributed by atoms with E-state index < -0.39 is 11.0 Å². The van der Waals surface area contributed by atoms with Gasteiger partial charge in [0.15, 0.2) is 0 Å². The molecule has 0 unspecified atom stereocenters. The van der Waals surface area contributed by atoms with E-state index in [1.54, 1.807) is 6.07 Å². The molecule has 0 aliphatic carbocycles. The van der Waals surface area contributed by atoms with Crippen LogP contribution >= 0.6 is 23.2 Å². The molecule has 0 heterocycles. The van der Waals surface area contributed by atoms with E-state index in [2.05, 4.69) is 15.3 Å². The summed E-state index contributed by atoms with van der Waals surface area (Å²) in [7, 11) is 0. The van der Waals surface area contributed by atoms with E-state index in [1.807, 2.05) is 0 Å². The molecule has 23 heavy (non-hydrogen) atoms. The first-order valence-corrected chi connectivity index (χ1v) is 6.92. The number of halogens is 2. The van der Waals surface area contributed by atoms with Gasteiger partial charge < -0.3 is 0 Å². The van der Waals surface area contributed by atoms with Crippen LogP contribution in [0.25, 0.3) is 0 Å². The van der Waals surface area contributed by atoms with Gasteiger partial charge in [-0.25, -0.2) is 4.79 Å². The number of carbonyl (C=O) groups is 1. The Hall–Kier alpha value is -2.64. The molecule has 118 valence electrons. The minimum Gasteiger partial charge on any atom is -0.298 e. The first kappa shape index (κ1) is 16.7. The lowest BCUT2D eigenvalue weighted by Crippen LogP contribution is -2.10. The summed E-state index contributed by atoms with van der Waals surface area (Å²) in [4.78, 5) is 26.1. The summed E-state index contributed by atoms with van der Waals surface area (Å²) in [6, 6.07) is 10.1. The molecule has 0 radical (unpaired) electrons. The van der Waals surface area contributed by atoms with E-state index in [-0.39, 0.29) is 5.69 Å². The third kappa shape index (κ3) is 4.94. The second-order valence-corrected chi connectivity index (χ2v) is 5.03. The van der Waals surface area contributed by atoms with Crippen molar-refractivity contribution in [3.63, 3.8) is 0 Å². The van der Waals surface area contributed by atoms with Crippen LogP contribution in [0.1, 0.15) is 5.56 Å². The van der Waals surface area contributed by atoms with Crippen molar-refractivity contribution >= 4 is 46.9 Å². The van der Waals surface area contributed by atoms with Crippen LogP contribution in [0.5, 0.6) is 0 Å². The Morgan fingerprint density at radius 2 is 1.87 bits per heavy atom. The molecule has 2 aromatic carbocycles. The Bertz CT molecular complexity index is 763. The monoisotopic (exact) mass is 353 g/mol. The number of nitro groups is 1. The highest BCUT2D eigenvalue weighted by Gasteiger charge is 2.05. The molecule has 1 N–H and O–H groups in total. The summed E-state index contributed by atoms with van der Waals surface area (Å²) in [6.07, 6.45) is 0.430. The molecule has 0 saturated carbocycles. The van der Waals surface area contributed by atoms with Gasteiger partial charge in [-0.05, 0) is 35.9 Å². The number of nitrogens with zero attached hydrogens (tertiary/aromatic N) is 2. The third-order valence-corrected chi connectivity index (χ3v) is 3.35. The van der Waals surface area contributed by atoms with E-state index in [0.717, 1.165) is 0 Å². The molecule has 0 atom stereocenters. The summed E-state index contributed by atoms with van der Waals surface area (Å²) in [5.41, 5.74) is 0.897. The number of rotatable bonds is 4. The number of nitro benzene ring substituents is 1. The zero-order valence-corrected chi connectivity index (χ0v) is 12.9. The van der Waals surface area contributed by atoms with Gasteiger partial charge in [-0.15, -0.1) is 0 Å². The van der Waals surface area contributed by atoms with E-state index >= 15 is 0 Å². The van der Waals surface area contributed by atoms with Crippen LogP contribution in [0, 0.1) is 10.1 Å². The third-order valence-electron chi connectivity index (χ3n) is 2.61. The van der Waals surface area contributed by atoms with Gasteiger partial charge >= 0.3 is 6.09 Å². The lowest BCUT2D eigenvalue weighted by molar-refractivity contribution is -0.384. The van der Waals surface area contributed by atoms with Gasteiger partial charge in [0, 0.05) is 17.8 Å². The quantitative estimate of drug-likeness (QED) is 0.379. The summed E-state index contributed by atoms with van der Waals surface area (Å²) in [6.45, 7) is 0. The number of nitrogens with one attached hydrogen (secondary N) is 1. The first-order chi connectivity index (χ1) is 11.0. The molecule has 0 saturated heterocycles. The predicted molar refractivity (Wildman–Crippen MR) is 87.3 cm³/mol. The van der Waals surface area contributed by atoms with Crippen molar-refractivity contribution < 1.29 is 14.6 Å². The van der Waals surface area contributed by atoms with Gasteiger partial charge in [-0.2, -0.15) is 0 Å². The lowest BCUT2D eigenvalue weighted by Gasteiger charge is -2.03. The van der Waals surface area contributed by atoms with Crippen molar-refractivity contribution in [2.45, 2.75) is 0 Å². The molecule has 7 nitrogen and oxygen atoms in total. The van der Waals surface area contributed by atoms with Crippen molar-refractivity contribution in [2.24, 2.45) is 5.16 Å². The lowest BCUT2D eigenvalue weighted by atomic mass is 10.2. The maximum Gasteiger partial charge on any atom is 0.437 e. The SMILES string of the molecule is O=C(Nc1ccc(Cl)c(Cl)c1)O/N=C\c1ccc([N+](=O)[O-])cc1. The smallest absolute Gasteiger partial charge is 0.298 e. The maximum atomic E-state index is 11.5. The first-order valence-electron chi connectivity index (χ1n) is 6.16. The molecule has 9 heteroatoms. The number of carbonyl (C=O) groups excluding carboxylic acids is 1. The Morgan fingerprint density at radius 3 is 2.48 bits per heavy atom. The molecule has 0 bridgehead atoms. The van der Waals surface area contributed by atoms with Crippen molar-refractivity contribution in [3.8, 4) is 0 Å². The Labute approximate surface area is 140 Å². The zero-order valence-electron chi connectivity index (χ0n) is 11.4. The average Bonchev–Trinajstić information content (AvgIpc) is 2.51. The summed E-state index contributed by atoms with van der Waals surface area (Å²) in [5.74, 6) is 0. The highest BCUT2D eigenvalue weighted by Crippen LogP contribution is 2.25. The van der Waals surface area contributed by atoms with E-state index in [0.29, 0.717) is 21.3 Å². The van der Waals surface area contributed by atoms with Gasteiger partial charge in [0.1, 0.15) is 0 Å². The summed E-state index contributed by atoms with van der Waals surface area (Å²) in [5, 5.41) is 17.1. The number of benzene rings is 2. The fraction of sp³-hybridized carbons (Fsp3) is 0. The predicted octanol–water partition coefficient (Wildman–Crippen LogP) is 4.48. The number of anilines is 1. The van der Waals surface area contributed by atoms with E-state index in [1.165, 1.54) is 42.6 Å². The van der Waals surface area contributed by atoms with Crippen molar-refractivity contribution in [1.82, 2.24) is 0 Å². The molecule has 2 aromatic rings. The molecular weight excluding hydrogens is 345 g/mol. The van der Waals surface area contributed by atoms with Gasteiger partial charge in [0.05, 0.1) is 21.2 Å². The maximum absolute atomic E-state index is 11.5. The van der Waals surface area contributed by atoms with Crippen LogP contribution in [0.2, 0.25) is 10.0 Å². The second kappa shape index (κ2) is 7.57. The largest absolute Gasteiger partial charge is 0.437 e. The van der Waals surface area contributed by atoms with E-state index in [9.17, 15) is 14.9 Å². The van der Waals surface area contributed by atoms with E-state index in [4.69, 9.17) is 23.2 Å². The van der Waals surface area contributed by atoms with Crippen molar-refractivity contribution in [2.75, 3.05) is 5.32 Å². The van der Waals surface area contributed by atoms with Crippen LogP contribution in [0.3, 0.4) is 0 Å². The Balaban J connectivity index is 1.90. The highest BCUT2D eigenvalue weighted by molar-refractivity contribution is 6.42. The van der Waals surface area contributed by atoms with Gasteiger partial charge in [-0.3, -0.25) is 20.3 Å². The van der Waals surface area contributed by atoms with Crippen LogP contribution in [0.15, 0.2) is 47.6 Å². The molecule has 2 rings (SSSR count). The fourth-order valence-electron chi connectivity index (χ4n) is 1.53. The Kier molecular flexibility index (Phi) is 5.51. The van der Waals surface area contributed by atoms with Crippen LogP contribution in [0.4, 0.5) is 16.2 Å². The minimum atomic E-state index is -0.818. The fourth-order valence-corrected chi connectivity index (χ4v) is 1.83. The molecule has 0 spiro atoms. The molecule has 0 aliphatic heterocycles. The molecule has 1 amide bonds. The zero-order chi connectivity index (χ0) is 16.8. The van der Waals surface area contributed by atoms with Crippen LogP contribution < -0.4 is 5.32 Å². The molecule has 0 aliphatic rings. The standard InChI is InChI=1S/C14H9Cl2N3O4/c15-12-6-3-10(7-13(12)16)18-14(20)23-17-8-9-1-4-11(5-2-9)19(21)22/h1-8H,(H,18,20)/b17-8-. The Morgan fingerprint density at radius 1 is 1.17 bits per heavy atom. The molecule has 0 fully saturated rings. The van der Waals surface area contributed by atoms with Crippen LogP contribution in [-0.4, -0.2) is 17.2 Å². The topological polar surface area (TPSA) is 93.8 Å². The highest BCUT2D eigenvalue weighted by atomic mass is 35.5. The summed E-state index contributed by atoms with van der Waals surface area (Å²) < 4.78 is 0. The summed E-state index contributed by atoms with van der Waals surface area (Å²) >= 11 is 11.6. The normalized spacial score (nSPS) is 10.5. The van der Waals surface area contributed by atoms with Gasteiger partial charge in [0.25, 0.3) is 5.69 Å². The number of hydrogen-bond donors (Lipinski definition) is 1. The second-order valence-electron chi connectivity index (χ2n) is 4.22. The number of oxime groups is 1. The minimum absolute atomic E-state index is 0.0413. The number of non-ortho nitro benzene ring substituents is 1. The van der Waals surface area contributed by atoms with Gasteiger partial charge in [0.2, 0.25) is 0 Å². The van der Waals surface area contributed by atoms with Crippen LogP contribution in [-0.2, 0) is 4.84 Å². The van der Waals surface area contributed by atoms with Crippen molar-refractivity contribution in [1.29, 1.82) is 0 Å². The van der Waals surface area contributed by atoms with Gasteiger partial charge in [-0.1, -0.05) is 28.4 Å².